The molecule has 0 atom stereocenters. The van der Waals surface area contributed by atoms with Crippen molar-refractivity contribution in [2.24, 2.45) is 0 Å². The van der Waals surface area contributed by atoms with Crippen molar-refractivity contribution in [2.45, 2.75) is 6.92 Å². The molecule has 0 fully saturated rings. The minimum absolute atomic E-state index is 0.750. The Bertz CT molecular complexity index is 538. The highest BCUT2D eigenvalue weighted by Gasteiger charge is 2.00. The van der Waals surface area contributed by atoms with E-state index in [0.717, 1.165) is 26.4 Å². The number of aryl methyl sites for hydroxylation is 1. The van der Waals surface area contributed by atoms with E-state index >= 15 is 0 Å². The van der Waals surface area contributed by atoms with Crippen molar-refractivity contribution in [1.29, 1.82) is 5.26 Å². The average Bonchev–Trinajstić information content (AvgIpc) is 2.16. The van der Waals surface area contributed by atoms with Crippen LogP contribution >= 0.6 is 15.9 Å². The second-order valence-corrected chi connectivity index (χ2v) is 4.19. The highest BCUT2D eigenvalue weighted by molar-refractivity contribution is 9.10. The van der Waals surface area contributed by atoms with Gasteiger partial charge in [-0.3, -0.25) is 0 Å². The largest absolute Gasteiger partial charge is 0.192 e. The zero-order chi connectivity index (χ0) is 10.1. The molecule has 0 aliphatic carbocycles. The standard InChI is InChI=1S/C12H8BrN/c1-8-4-10-6-12(13)3-2-9(10)5-11(8)7-14/h2-6H,1H3. The van der Waals surface area contributed by atoms with E-state index in [1.54, 1.807) is 0 Å². The number of halogens is 1. The molecule has 14 heavy (non-hydrogen) atoms. The van der Waals surface area contributed by atoms with Crippen molar-refractivity contribution in [3.05, 3.63) is 45.9 Å². The van der Waals surface area contributed by atoms with Gasteiger partial charge in [-0.2, -0.15) is 5.26 Å². The number of nitriles is 1. The molecule has 2 aromatic rings. The predicted octanol–water partition coefficient (Wildman–Crippen LogP) is 3.78. The molecular formula is C12H8BrN. The van der Waals surface area contributed by atoms with Crippen LogP contribution in [0.1, 0.15) is 11.1 Å². The lowest BCUT2D eigenvalue weighted by atomic mass is 10.0. The van der Waals surface area contributed by atoms with Gasteiger partial charge in [-0.1, -0.05) is 28.1 Å². The first-order valence-electron chi connectivity index (χ1n) is 4.31. The molecule has 2 aromatic carbocycles. The third-order valence-corrected chi connectivity index (χ3v) is 2.76. The first kappa shape index (κ1) is 9.23. The van der Waals surface area contributed by atoms with Gasteiger partial charge in [-0.25, -0.2) is 0 Å². The van der Waals surface area contributed by atoms with Crippen molar-refractivity contribution >= 4 is 26.7 Å². The summed E-state index contributed by atoms with van der Waals surface area (Å²) >= 11 is 3.43. The van der Waals surface area contributed by atoms with E-state index in [4.69, 9.17) is 5.26 Å². The number of nitrogens with zero attached hydrogens (tertiary/aromatic N) is 1. The second-order valence-electron chi connectivity index (χ2n) is 3.27. The molecule has 0 radical (unpaired) electrons. The Labute approximate surface area is 91.1 Å². The van der Waals surface area contributed by atoms with Gasteiger partial charge in [0.25, 0.3) is 0 Å². The summed E-state index contributed by atoms with van der Waals surface area (Å²) in [6.07, 6.45) is 0. The van der Waals surface area contributed by atoms with Gasteiger partial charge < -0.3 is 0 Å². The van der Waals surface area contributed by atoms with Crippen LogP contribution in [0, 0.1) is 18.3 Å². The molecule has 0 unspecified atom stereocenters. The van der Waals surface area contributed by atoms with Gasteiger partial charge in [0.1, 0.15) is 0 Å². The van der Waals surface area contributed by atoms with E-state index in [0.29, 0.717) is 0 Å². The molecule has 0 bridgehead atoms. The van der Waals surface area contributed by atoms with Crippen molar-refractivity contribution in [3.63, 3.8) is 0 Å². The Morgan fingerprint density at radius 3 is 2.64 bits per heavy atom. The third-order valence-electron chi connectivity index (χ3n) is 2.27. The SMILES string of the molecule is Cc1cc2cc(Br)ccc2cc1C#N. The van der Waals surface area contributed by atoms with Crippen molar-refractivity contribution < 1.29 is 0 Å². The molecule has 0 N–H and O–H groups in total. The van der Waals surface area contributed by atoms with Crippen LogP contribution in [0.2, 0.25) is 0 Å². The first-order chi connectivity index (χ1) is 6.70. The summed E-state index contributed by atoms with van der Waals surface area (Å²) in [5.41, 5.74) is 1.78. The highest BCUT2D eigenvalue weighted by Crippen LogP contribution is 2.22. The van der Waals surface area contributed by atoms with Crippen LogP contribution in [0.15, 0.2) is 34.8 Å². The number of benzene rings is 2. The molecule has 1 nitrogen and oxygen atoms in total. The maximum absolute atomic E-state index is 8.87. The molecule has 0 amide bonds. The van der Waals surface area contributed by atoms with E-state index in [-0.39, 0.29) is 0 Å². The Morgan fingerprint density at radius 1 is 1.14 bits per heavy atom. The minimum Gasteiger partial charge on any atom is -0.192 e. The average molecular weight is 246 g/mol. The van der Waals surface area contributed by atoms with Gasteiger partial charge in [-0.15, -0.1) is 0 Å². The molecule has 0 saturated heterocycles. The topological polar surface area (TPSA) is 23.8 Å². The van der Waals surface area contributed by atoms with E-state index in [2.05, 4.69) is 28.1 Å². The van der Waals surface area contributed by atoms with Crippen LogP contribution < -0.4 is 0 Å². The summed E-state index contributed by atoms with van der Waals surface area (Å²) in [5.74, 6) is 0. The molecule has 0 saturated carbocycles. The Hall–Kier alpha value is -1.33. The lowest BCUT2D eigenvalue weighted by Gasteiger charge is -2.02. The minimum atomic E-state index is 0.750. The van der Waals surface area contributed by atoms with Gasteiger partial charge in [0, 0.05) is 4.47 Å². The molecule has 0 aliphatic heterocycles. The van der Waals surface area contributed by atoms with Gasteiger partial charge in [0.05, 0.1) is 11.6 Å². The lowest BCUT2D eigenvalue weighted by molar-refractivity contribution is 1.41. The Morgan fingerprint density at radius 2 is 1.93 bits per heavy atom. The molecular weight excluding hydrogens is 238 g/mol. The van der Waals surface area contributed by atoms with E-state index < -0.39 is 0 Å². The Balaban J connectivity index is 2.81. The molecule has 68 valence electrons. The molecule has 0 spiro atoms. The van der Waals surface area contributed by atoms with Crippen molar-refractivity contribution in [1.82, 2.24) is 0 Å². The fourth-order valence-electron chi connectivity index (χ4n) is 1.50. The van der Waals surface area contributed by atoms with E-state index in [9.17, 15) is 0 Å². The third kappa shape index (κ3) is 1.51. The molecule has 2 heteroatoms. The smallest absolute Gasteiger partial charge is 0.0994 e. The second kappa shape index (κ2) is 3.43. The van der Waals surface area contributed by atoms with Gasteiger partial charge >= 0.3 is 0 Å². The summed E-state index contributed by atoms with van der Waals surface area (Å²) in [5, 5.41) is 11.1. The van der Waals surface area contributed by atoms with Crippen molar-refractivity contribution in [2.75, 3.05) is 0 Å². The number of rotatable bonds is 0. The van der Waals surface area contributed by atoms with Crippen LogP contribution in [0.4, 0.5) is 0 Å². The predicted molar refractivity (Wildman–Crippen MR) is 61.1 cm³/mol. The van der Waals surface area contributed by atoms with Crippen LogP contribution in [0.3, 0.4) is 0 Å². The molecule has 0 heterocycles. The van der Waals surface area contributed by atoms with Gasteiger partial charge in [-0.05, 0) is 41.5 Å². The quantitative estimate of drug-likeness (QED) is 0.693. The van der Waals surface area contributed by atoms with Crippen molar-refractivity contribution in [3.8, 4) is 6.07 Å². The number of hydrogen-bond acceptors (Lipinski definition) is 1. The van der Waals surface area contributed by atoms with Crippen LogP contribution in [-0.2, 0) is 0 Å². The maximum Gasteiger partial charge on any atom is 0.0994 e. The highest BCUT2D eigenvalue weighted by atomic mass is 79.9. The van der Waals surface area contributed by atoms with E-state index in [1.807, 2.05) is 31.2 Å². The van der Waals surface area contributed by atoms with Crippen LogP contribution in [-0.4, -0.2) is 0 Å². The normalized spacial score (nSPS) is 10.1. The van der Waals surface area contributed by atoms with Crippen LogP contribution in [0.25, 0.3) is 10.8 Å². The lowest BCUT2D eigenvalue weighted by Crippen LogP contribution is -1.83. The molecule has 2 rings (SSSR count). The zero-order valence-electron chi connectivity index (χ0n) is 7.71. The summed E-state index contributed by atoms with van der Waals surface area (Å²) in [7, 11) is 0. The summed E-state index contributed by atoms with van der Waals surface area (Å²) in [4.78, 5) is 0. The Kier molecular flexibility index (Phi) is 2.26. The molecule has 0 aliphatic rings. The fraction of sp³-hybridized carbons (Fsp3) is 0.0833. The number of hydrogen-bond donors (Lipinski definition) is 0. The van der Waals surface area contributed by atoms with Crippen LogP contribution in [0.5, 0.6) is 0 Å². The van der Waals surface area contributed by atoms with Gasteiger partial charge in [0.15, 0.2) is 0 Å². The summed E-state index contributed by atoms with van der Waals surface area (Å²) in [6.45, 7) is 1.96. The first-order valence-corrected chi connectivity index (χ1v) is 5.10. The summed E-state index contributed by atoms with van der Waals surface area (Å²) in [6, 6.07) is 12.2. The summed E-state index contributed by atoms with van der Waals surface area (Å²) < 4.78 is 1.06. The molecule has 0 aromatic heterocycles. The van der Waals surface area contributed by atoms with Gasteiger partial charge in [0.2, 0.25) is 0 Å². The maximum atomic E-state index is 8.87. The fourth-order valence-corrected chi connectivity index (χ4v) is 1.88. The zero-order valence-corrected chi connectivity index (χ0v) is 9.30. The number of fused-ring (bicyclic) bond motifs is 1. The van der Waals surface area contributed by atoms with E-state index in [1.165, 1.54) is 0 Å². The monoisotopic (exact) mass is 245 g/mol.